The van der Waals surface area contributed by atoms with E-state index in [1.165, 1.54) is 0 Å². The van der Waals surface area contributed by atoms with E-state index in [4.69, 9.17) is 24.0 Å². The molecule has 1 aliphatic carbocycles. The van der Waals surface area contributed by atoms with E-state index in [0.717, 1.165) is 53.6 Å². The number of carbonyl (C=O) groups excluding carboxylic acids is 1. The van der Waals surface area contributed by atoms with Crippen molar-refractivity contribution in [1.29, 1.82) is 0 Å². The lowest BCUT2D eigenvalue weighted by Crippen LogP contribution is -2.53. The minimum atomic E-state index is -0.565. The van der Waals surface area contributed by atoms with Crippen molar-refractivity contribution in [3.8, 4) is 22.6 Å². The highest BCUT2D eigenvalue weighted by Gasteiger charge is 2.39. The lowest BCUT2D eigenvalue weighted by atomic mass is 9.87. The molecule has 9 nitrogen and oxygen atoms in total. The highest BCUT2D eigenvalue weighted by molar-refractivity contribution is 5.90. The van der Waals surface area contributed by atoms with Gasteiger partial charge < -0.3 is 29.0 Å². The fourth-order valence-electron chi connectivity index (χ4n) is 5.18. The maximum Gasteiger partial charge on any atom is 0.410 e. The number of amides is 1. The van der Waals surface area contributed by atoms with Gasteiger partial charge in [0.2, 0.25) is 0 Å². The number of phenolic OH excluding ortho intramolecular Hbond substituents is 1. The Kier molecular flexibility index (Phi) is 8.00. The molecule has 0 bridgehead atoms. The molecule has 1 saturated carbocycles. The third-order valence-corrected chi connectivity index (χ3v) is 7.28. The fourth-order valence-corrected chi connectivity index (χ4v) is 5.18. The van der Waals surface area contributed by atoms with E-state index in [1.807, 2.05) is 49.8 Å². The molecule has 1 N–H and O–H groups in total. The van der Waals surface area contributed by atoms with Crippen LogP contribution in [-0.2, 0) is 14.2 Å². The molecule has 1 saturated heterocycles. The summed E-state index contributed by atoms with van der Waals surface area (Å²) in [5.74, 6) is 0.974. The second-order valence-electron chi connectivity index (χ2n) is 11.4. The Morgan fingerprint density at radius 2 is 1.92 bits per heavy atom. The number of phenols is 1. The Labute approximate surface area is 229 Å². The first-order valence-corrected chi connectivity index (χ1v) is 13.8. The first kappa shape index (κ1) is 27.3. The monoisotopic (exact) mass is 537 g/mol. The molecular weight excluding hydrogens is 498 g/mol. The van der Waals surface area contributed by atoms with Gasteiger partial charge in [0.05, 0.1) is 23.7 Å². The second-order valence-corrected chi connectivity index (χ2v) is 11.4. The van der Waals surface area contributed by atoms with Crippen molar-refractivity contribution in [2.24, 2.45) is 0 Å². The van der Waals surface area contributed by atoms with Crippen LogP contribution in [0.2, 0.25) is 0 Å². The quantitative estimate of drug-likeness (QED) is 0.382. The average Bonchev–Trinajstić information content (AvgIpc) is 3.31. The van der Waals surface area contributed by atoms with Crippen molar-refractivity contribution in [3.05, 3.63) is 42.6 Å². The van der Waals surface area contributed by atoms with Crippen molar-refractivity contribution in [3.63, 3.8) is 0 Å². The van der Waals surface area contributed by atoms with Gasteiger partial charge in [-0.2, -0.15) is 5.10 Å². The Bertz CT molecular complexity index is 1270. The second kappa shape index (κ2) is 11.4. The van der Waals surface area contributed by atoms with Crippen LogP contribution in [0.4, 0.5) is 4.79 Å². The molecule has 9 heteroatoms. The summed E-state index contributed by atoms with van der Waals surface area (Å²) in [6, 6.07) is 11.3. The number of aromatic hydroxyl groups is 1. The number of ether oxygens (including phenoxy) is 4. The predicted octanol–water partition coefficient (Wildman–Crippen LogP) is 5.90. The van der Waals surface area contributed by atoms with Gasteiger partial charge in [0.15, 0.2) is 6.23 Å². The zero-order chi connectivity index (χ0) is 27.6. The van der Waals surface area contributed by atoms with Crippen LogP contribution in [0, 0.1) is 0 Å². The van der Waals surface area contributed by atoms with Crippen LogP contribution in [0.5, 0.6) is 11.5 Å². The average molecular weight is 538 g/mol. The van der Waals surface area contributed by atoms with Crippen LogP contribution < -0.4 is 4.74 Å². The number of benzene rings is 2. The molecule has 1 atom stereocenters. The van der Waals surface area contributed by atoms with E-state index in [2.05, 4.69) is 6.07 Å². The zero-order valence-electron chi connectivity index (χ0n) is 23.3. The molecule has 2 fully saturated rings. The lowest BCUT2D eigenvalue weighted by Gasteiger charge is -2.42. The van der Waals surface area contributed by atoms with Crippen molar-refractivity contribution in [1.82, 2.24) is 14.7 Å². The number of nitrogens with zero attached hydrogens (tertiary/aromatic N) is 3. The first-order chi connectivity index (χ1) is 18.7. The number of methoxy groups -OCH3 is 1. The molecule has 2 aromatic carbocycles. The van der Waals surface area contributed by atoms with Gasteiger partial charge in [-0.1, -0.05) is 12.1 Å². The molecule has 1 aromatic heterocycles. The molecule has 39 heavy (non-hydrogen) atoms. The largest absolute Gasteiger partial charge is 0.508 e. The smallest absolute Gasteiger partial charge is 0.410 e. The van der Waals surface area contributed by atoms with Crippen LogP contribution in [0.1, 0.15) is 59.1 Å². The molecule has 2 heterocycles. The number of hydrogen-bond acceptors (Lipinski definition) is 7. The van der Waals surface area contributed by atoms with Gasteiger partial charge in [0, 0.05) is 39.1 Å². The van der Waals surface area contributed by atoms with Gasteiger partial charge in [0.25, 0.3) is 0 Å². The maximum atomic E-state index is 12.9. The summed E-state index contributed by atoms with van der Waals surface area (Å²) in [5, 5.41) is 15.4. The van der Waals surface area contributed by atoms with Crippen molar-refractivity contribution >= 4 is 17.0 Å². The normalized spacial score (nSPS) is 21.4. The van der Waals surface area contributed by atoms with Crippen LogP contribution in [0.25, 0.3) is 22.0 Å². The molecule has 5 rings (SSSR count). The highest BCUT2D eigenvalue weighted by Crippen LogP contribution is 2.39. The molecule has 2 aliphatic rings. The SMILES string of the molecule is COCCN(C(=O)OC(C)(C)C)C1CC(Oc2cc(-c3ccc(O)cc3)cc3c2cnn3C2CCCCO2)C1. The number of fused-ring (bicyclic) bond motifs is 1. The summed E-state index contributed by atoms with van der Waals surface area (Å²) in [6.07, 6.45) is 5.87. The Balaban J connectivity index is 1.39. The molecule has 1 aliphatic heterocycles. The number of rotatable bonds is 8. The molecule has 1 amide bonds. The Morgan fingerprint density at radius 1 is 1.15 bits per heavy atom. The number of aromatic nitrogens is 2. The van der Waals surface area contributed by atoms with E-state index < -0.39 is 5.60 Å². The lowest BCUT2D eigenvalue weighted by molar-refractivity contribution is -0.0366. The topological polar surface area (TPSA) is 95.3 Å². The third kappa shape index (κ3) is 6.31. The van der Waals surface area contributed by atoms with Gasteiger partial charge in [-0.05, 0) is 75.4 Å². The van der Waals surface area contributed by atoms with Gasteiger partial charge in [-0.25, -0.2) is 9.48 Å². The number of hydrogen-bond donors (Lipinski definition) is 1. The molecule has 210 valence electrons. The Morgan fingerprint density at radius 3 is 2.59 bits per heavy atom. The van der Waals surface area contributed by atoms with E-state index in [-0.39, 0.29) is 30.2 Å². The molecule has 1 unspecified atom stereocenters. The van der Waals surface area contributed by atoms with Crippen LogP contribution in [-0.4, -0.2) is 70.5 Å². The maximum absolute atomic E-state index is 12.9. The first-order valence-electron chi connectivity index (χ1n) is 13.8. The van der Waals surface area contributed by atoms with Crippen LogP contribution >= 0.6 is 0 Å². The van der Waals surface area contributed by atoms with E-state index >= 15 is 0 Å². The summed E-state index contributed by atoms with van der Waals surface area (Å²) in [5.41, 5.74) is 2.33. The summed E-state index contributed by atoms with van der Waals surface area (Å²) >= 11 is 0. The molecule has 3 aromatic rings. The van der Waals surface area contributed by atoms with E-state index in [1.54, 1.807) is 24.1 Å². The zero-order valence-corrected chi connectivity index (χ0v) is 23.3. The summed E-state index contributed by atoms with van der Waals surface area (Å²) in [7, 11) is 1.63. The standard InChI is InChI=1S/C30H39N3O6/c1-30(2,3)39-29(35)32(12-14-36-4)22-17-24(18-22)38-27-16-21(20-8-10-23(34)11-9-20)15-26-25(27)19-31-33(26)28-7-5-6-13-37-28/h8-11,15-16,19,22,24,28,34H,5-7,12-14,17-18H2,1-4H3. The summed E-state index contributed by atoms with van der Waals surface area (Å²) < 4.78 is 25.5. The van der Waals surface area contributed by atoms with Gasteiger partial charge >= 0.3 is 6.09 Å². The van der Waals surface area contributed by atoms with Gasteiger partial charge in [0.1, 0.15) is 23.2 Å². The molecule has 0 radical (unpaired) electrons. The molecular formula is C30H39N3O6. The summed E-state index contributed by atoms with van der Waals surface area (Å²) in [4.78, 5) is 14.6. The van der Waals surface area contributed by atoms with Gasteiger partial charge in [-0.15, -0.1) is 0 Å². The molecule has 0 spiro atoms. The predicted molar refractivity (Wildman–Crippen MR) is 148 cm³/mol. The summed E-state index contributed by atoms with van der Waals surface area (Å²) in [6.45, 7) is 7.26. The van der Waals surface area contributed by atoms with Crippen LogP contribution in [0.3, 0.4) is 0 Å². The van der Waals surface area contributed by atoms with Crippen molar-refractivity contribution in [2.45, 2.75) is 76.9 Å². The highest BCUT2D eigenvalue weighted by atomic mass is 16.6. The van der Waals surface area contributed by atoms with Gasteiger partial charge in [-0.3, -0.25) is 0 Å². The fraction of sp³-hybridized carbons (Fsp3) is 0.533. The van der Waals surface area contributed by atoms with E-state index in [9.17, 15) is 9.90 Å². The third-order valence-electron chi connectivity index (χ3n) is 7.28. The minimum Gasteiger partial charge on any atom is -0.508 e. The van der Waals surface area contributed by atoms with Crippen molar-refractivity contribution < 1.29 is 28.8 Å². The Hall–Kier alpha value is -3.30. The van der Waals surface area contributed by atoms with E-state index in [0.29, 0.717) is 26.0 Å². The van der Waals surface area contributed by atoms with Crippen molar-refractivity contribution in [2.75, 3.05) is 26.9 Å². The minimum absolute atomic E-state index is 0.0223. The van der Waals surface area contributed by atoms with Crippen LogP contribution in [0.15, 0.2) is 42.6 Å². The number of carbonyl (C=O) groups is 1.